The van der Waals surface area contributed by atoms with Crippen LogP contribution < -0.4 is 14.2 Å². The molecule has 0 aliphatic heterocycles. The Morgan fingerprint density at radius 3 is 2.21 bits per heavy atom. The first-order valence-electron chi connectivity index (χ1n) is 9.64. The summed E-state index contributed by atoms with van der Waals surface area (Å²) in [4.78, 5) is 10.4. The lowest BCUT2D eigenvalue weighted by Crippen LogP contribution is -2.06. The lowest BCUT2D eigenvalue weighted by Gasteiger charge is -2.13. The molecule has 3 aromatic rings. The third kappa shape index (κ3) is 5.45. The second-order valence-electron chi connectivity index (χ2n) is 6.85. The summed E-state index contributed by atoms with van der Waals surface area (Å²) < 4.78 is 54.7. The van der Waals surface area contributed by atoms with Crippen molar-refractivity contribution in [3.05, 3.63) is 87.5 Å². The summed E-state index contributed by atoms with van der Waals surface area (Å²) >= 11 is 0. The number of hydrogen-bond acceptors (Lipinski definition) is 6. The van der Waals surface area contributed by atoms with E-state index in [1.165, 1.54) is 26.4 Å². The number of nitrogens with zero attached hydrogens (tertiary/aromatic N) is 2. The van der Waals surface area contributed by atoms with E-state index in [9.17, 15) is 28.5 Å². The second kappa shape index (κ2) is 9.95. The van der Waals surface area contributed by atoms with Gasteiger partial charge in [0.25, 0.3) is 0 Å². The van der Waals surface area contributed by atoms with Crippen molar-refractivity contribution < 1.29 is 32.3 Å². The van der Waals surface area contributed by atoms with Gasteiger partial charge in [-0.15, -0.1) is 0 Å². The number of allylic oxidation sites excluding steroid dienone is 1. The molecule has 0 saturated carbocycles. The highest BCUT2D eigenvalue weighted by atomic mass is 19.4. The van der Waals surface area contributed by atoms with Crippen LogP contribution in [0.5, 0.6) is 23.0 Å². The molecule has 0 amide bonds. The fraction of sp³-hybridized carbons (Fsp3) is 0.125. The van der Waals surface area contributed by atoms with E-state index in [-0.39, 0.29) is 17.2 Å². The number of alkyl halides is 3. The maximum atomic E-state index is 12.9. The van der Waals surface area contributed by atoms with Crippen LogP contribution in [0.15, 0.2) is 60.7 Å². The molecule has 3 aromatic carbocycles. The van der Waals surface area contributed by atoms with Crippen LogP contribution in [0.4, 0.5) is 18.9 Å². The molecule has 0 atom stereocenters. The van der Waals surface area contributed by atoms with Crippen molar-refractivity contribution in [3.63, 3.8) is 0 Å². The SMILES string of the molecule is COc1ccc(/C(C#N)=C/c2ccc(Oc3ccc(C(F)(F)F)cc3[N+](=O)[O-])c(OC)c2)cc1. The number of nitro benzene ring substituents is 1. The Morgan fingerprint density at radius 1 is 0.971 bits per heavy atom. The third-order valence-electron chi connectivity index (χ3n) is 4.72. The molecular weight excluding hydrogens is 453 g/mol. The zero-order valence-corrected chi connectivity index (χ0v) is 17.9. The van der Waals surface area contributed by atoms with Crippen molar-refractivity contribution >= 4 is 17.3 Å². The molecule has 10 heteroatoms. The summed E-state index contributed by atoms with van der Waals surface area (Å²) in [5.74, 6) is 0.470. The predicted molar refractivity (Wildman–Crippen MR) is 118 cm³/mol. The minimum absolute atomic E-state index is 0.0467. The molecule has 174 valence electrons. The fourth-order valence-corrected chi connectivity index (χ4v) is 3.02. The highest BCUT2D eigenvalue weighted by Crippen LogP contribution is 2.40. The molecule has 7 nitrogen and oxygen atoms in total. The van der Waals surface area contributed by atoms with Gasteiger partial charge >= 0.3 is 11.9 Å². The van der Waals surface area contributed by atoms with E-state index < -0.39 is 22.4 Å². The Labute approximate surface area is 192 Å². The van der Waals surface area contributed by atoms with Crippen molar-refractivity contribution in [1.82, 2.24) is 0 Å². The van der Waals surface area contributed by atoms with Crippen molar-refractivity contribution in [3.8, 4) is 29.1 Å². The molecule has 0 radical (unpaired) electrons. The van der Waals surface area contributed by atoms with E-state index in [1.807, 2.05) is 0 Å². The largest absolute Gasteiger partial charge is 0.497 e. The van der Waals surface area contributed by atoms with Gasteiger partial charge in [0.15, 0.2) is 11.5 Å². The quantitative estimate of drug-likeness (QED) is 0.170. The van der Waals surface area contributed by atoms with Gasteiger partial charge in [-0.1, -0.05) is 6.07 Å². The molecule has 0 heterocycles. The Morgan fingerprint density at radius 2 is 1.65 bits per heavy atom. The smallest absolute Gasteiger partial charge is 0.416 e. The topological polar surface area (TPSA) is 94.6 Å². The lowest BCUT2D eigenvalue weighted by atomic mass is 10.0. The van der Waals surface area contributed by atoms with E-state index >= 15 is 0 Å². The standard InChI is InChI=1S/C24H17F3N2O5/c1-32-19-7-4-16(5-8-19)17(14-28)11-15-3-9-22(23(12-15)33-2)34-21-10-6-18(24(25,26)27)13-20(21)29(30)31/h3-13H,1-2H3/b17-11+. The van der Waals surface area contributed by atoms with Crippen LogP contribution in [-0.2, 0) is 6.18 Å². The first-order valence-corrected chi connectivity index (χ1v) is 9.64. The van der Waals surface area contributed by atoms with Crippen LogP contribution in [0.3, 0.4) is 0 Å². The van der Waals surface area contributed by atoms with Gasteiger partial charge in [-0.25, -0.2) is 0 Å². The van der Waals surface area contributed by atoms with Crippen molar-refractivity contribution in [2.75, 3.05) is 14.2 Å². The third-order valence-corrected chi connectivity index (χ3v) is 4.72. The average molecular weight is 470 g/mol. The highest BCUT2D eigenvalue weighted by molar-refractivity contribution is 5.90. The number of halogens is 3. The van der Waals surface area contributed by atoms with E-state index in [0.29, 0.717) is 34.6 Å². The van der Waals surface area contributed by atoms with Gasteiger partial charge < -0.3 is 14.2 Å². The Bertz CT molecular complexity index is 1280. The van der Waals surface area contributed by atoms with Gasteiger partial charge in [0.2, 0.25) is 5.75 Å². The molecule has 0 spiro atoms. The number of methoxy groups -OCH3 is 2. The van der Waals surface area contributed by atoms with Crippen LogP contribution in [0.2, 0.25) is 0 Å². The van der Waals surface area contributed by atoms with Crippen molar-refractivity contribution in [2.24, 2.45) is 0 Å². The normalized spacial score (nSPS) is 11.5. The summed E-state index contributed by atoms with van der Waals surface area (Å²) in [5, 5.41) is 20.9. The van der Waals surface area contributed by atoms with E-state index in [1.54, 1.807) is 36.4 Å². The van der Waals surface area contributed by atoms with Gasteiger partial charge in [0.05, 0.1) is 36.3 Å². The summed E-state index contributed by atoms with van der Waals surface area (Å²) in [6.07, 6.45) is -3.13. The predicted octanol–water partition coefficient (Wildman–Crippen LogP) is 6.49. The van der Waals surface area contributed by atoms with Gasteiger partial charge in [0, 0.05) is 6.07 Å². The Balaban J connectivity index is 1.95. The molecule has 0 unspecified atom stereocenters. The second-order valence-corrected chi connectivity index (χ2v) is 6.85. The van der Waals surface area contributed by atoms with Crippen LogP contribution in [0.25, 0.3) is 11.6 Å². The summed E-state index contributed by atoms with van der Waals surface area (Å²) in [7, 11) is 2.87. The monoisotopic (exact) mass is 470 g/mol. The molecule has 0 bridgehead atoms. The van der Waals surface area contributed by atoms with E-state index in [4.69, 9.17) is 14.2 Å². The number of rotatable bonds is 7. The molecule has 0 saturated heterocycles. The van der Waals surface area contributed by atoms with Crippen LogP contribution in [0, 0.1) is 21.4 Å². The van der Waals surface area contributed by atoms with Crippen LogP contribution in [-0.4, -0.2) is 19.1 Å². The lowest BCUT2D eigenvalue weighted by molar-refractivity contribution is -0.385. The van der Waals surface area contributed by atoms with Crippen LogP contribution in [0.1, 0.15) is 16.7 Å². The fourth-order valence-electron chi connectivity index (χ4n) is 3.02. The summed E-state index contributed by atoms with van der Waals surface area (Å²) in [6, 6.07) is 15.5. The van der Waals surface area contributed by atoms with E-state index in [0.717, 1.165) is 6.07 Å². The molecule has 34 heavy (non-hydrogen) atoms. The summed E-state index contributed by atoms with van der Waals surface area (Å²) in [5.41, 5.74) is -0.424. The number of benzene rings is 3. The number of nitro groups is 1. The molecule has 0 aliphatic carbocycles. The maximum Gasteiger partial charge on any atom is 0.416 e. The summed E-state index contributed by atoms with van der Waals surface area (Å²) in [6.45, 7) is 0. The minimum atomic E-state index is -4.74. The zero-order valence-electron chi connectivity index (χ0n) is 17.9. The van der Waals surface area contributed by atoms with Gasteiger partial charge in [-0.3, -0.25) is 10.1 Å². The van der Waals surface area contributed by atoms with Gasteiger partial charge in [-0.2, -0.15) is 18.4 Å². The molecule has 0 aromatic heterocycles. The number of hydrogen-bond donors (Lipinski definition) is 0. The Hall–Kier alpha value is -4.52. The molecule has 0 N–H and O–H groups in total. The Kier molecular flexibility index (Phi) is 7.06. The minimum Gasteiger partial charge on any atom is -0.497 e. The van der Waals surface area contributed by atoms with Crippen LogP contribution >= 0.6 is 0 Å². The zero-order chi connectivity index (χ0) is 24.9. The molecule has 3 rings (SSSR count). The van der Waals surface area contributed by atoms with Crippen molar-refractivity contribution in [2.45, 2.75) is 6.18 Å². The first-order chi connectivity index (χ1) is 16.2. The van der Waals surface area contributed by atoms with E-state index in [2.05, 4.69) is 6.07 Å². The first kappa shape index (κ1) is 24.1. The number of nitriles is 1. The molecule has 0 fully saturated rings. The molecule has 0 aliphatic rings. The average Bonchev–Trinajstić information content (AvgIpc) is 2.82. The van der Waals surface area contributed by atoms with Crippen molar-refractivity contribution in [1.29, 1.82) is 5.26 Å². The van der Waals surface area contributed by atoms with Gasteiger partial charge in [0.1, 0.15) is 5.75 Å². The maximum absolute atomic E-state index is 12.9. The molecular formula is C24H17F3N2O5. The van der Waals surface area contributed by atoms with Gasteiger partial charge in [-0.05, 0) is 65.7 Å². The number of ether oxygens (including phenoxy) is 3. The highest BCUT2D eigenvalue weighted by Gasteiger charge is 2.33.